The van der Waals surface area contributed by atoms with Crippen molar-refractivity contribution in [3.63, 3.8) is 0 Å². The largest absolute Gasteiger partial charge is 0.416 e. The molecule has 0 amide bonds. The van der Waals surface area contributed by atoms with Crippen molar-refractivity contribution in [1.82, 2.24) is 9.80 Å². The number of halogens is 3. The first-order valence-corrected chi connectivity index (χ1v) is 10.2. The Kier molecular flexibility index (Phi) is 5.92. The van der Waals surface area contributed by atoms with Gasteiger partial charge in [-0.2, -0.15) is 13.2 Å². The van der Waals surface area contributed by atoms with E-state index in [1.165, 1.54) is 22.4 Å². The molecular weight excluding hydrogens is 407 g/mol. The maximum absolute atomic E-state index is 12.9. The average molecular weight is 430 g/mol. The first-order valence-electron chi connectivity index (χ1n) is 9.82. The maximum atomic E-state index is 12.9. The van der Waals surface area contributed by atoms with Gasteiger partial charge in [-0.25, -0.2) is 0 Å². The van der Waals surface area contributed by atoms with Crippen LogP contribution < -0.4 is 5.32 Å². The van der Waals surface area contributed by atoms with Gasteiger partial charge in [-0.1, -0.05) is 48.5 Å². The molecule has 1 heterocycles. The number of hydrogen-bond acceptors (Lipinski definition) is 2. The van der Waals surface area contributed by atoms with E-state index in [9.17, 15) is 13.2 Å². The number of anilines is 1. The maximum Gasteiger partial charge on any atom is 0.416 e. The molecule has 3 aromatic rings. The summed E-state index contributed by atoms with van der Waals surface area (Å²) in [6, 6.07) is 19.9. The van der Waals surface area contributed by atoms with Gasteiger partial charge in [0.05, 0.1) is 5.56 Å². The van der Waals surface area contributed by atoms with Gasteiger partial charge >= 0.3 is 6.18 Å². The van der Waals surface area contributed by atoms with E-state index < -0.39 is 11.7 Å². The molecule has 0 atom stereocenters. The van der Waals surface area contributed by atoms with Crippen molar-refractivity contribution < 1.29 is 13.2 Å². The van der Waals surface area contributed by atoms with Gasteiger partial charge in [0.1, 0.15) is 0 Å². The molecule has 0 unspecified atom stereocenters. The third-order valence-electron chi connectivity index (χ3n) is 5.37. The zero-order valence-corrected chi connectivity index (χ0v) is 17.1. The Bertz CT molecular complexity index is 1040. The molecule has 1 aliphatic heterocycles. The van der Waals surface area contributed by atoms with Crippen LogP contribution in [0, 0.1) is 0 Å². The Balaban J connectivity index is 1.35. The molecule has 3 nitrogen and oxygen atoms in total. The van der Waals surface area contributed by atoms with Gasteiger partial charge in [0.2, 0.25) is 0 Å². The monoisotopic (exact) mass is 429 g/mol. The summed E-state index contributed by atoms with van der Waals surface area (Å²) >= 11 is 5.44. The molecule has 0 spiro atoms. The predicted molar refractivity (Wildman–Crippen MR) is 118 cm³/mol. The molecule has 0 saturated carbocycles. The number of nitrogens with one attached hydrogen (secondary N) is 1. The lowest BCUT2D eigenvalue weighted by Crippen LogP contribution is -2.49. The molecule has 1 N–H and O–H groups in total. The first-order chi connectivity index (χ1) is 14.4. The summed E-state index contributed by atoms with van der Waals surface area (Å²) in [5.74, 6) is 0. The van der Waals surface area contributed by atoms with Crippen LogP contribution in [-0.2, 0) is 12.7 Å². The van der Waals surface area contributed by atoms with E-state index in [1.54, 1.807) is 6.07 Å². The van der Waals surface area contributed by atoms with Crippen LogP contribution in [0.4, 0.5) is 18.9 Å². The molecular formula is C23H22F3N3S. The Morgan fingerprint density at radius 1 is 0.900 bits per heavy atom. The van der Waals surface area contributed by atoms with Gasteiger partial charge in [-0.05, 0) is 46.8 Å². The van der Waals surface area contributed by atoms with Crippen LogP contribution >= 0.6 is 12.2 Å². The third-order valence-corrected chi connectivity index (χ3v) is 5.73. The second-order valence-corrected chi connectivity index (χ2v) is 7.80. The van der Waals surface area contributed by atoms with Crippen LogP contribution in [-0.4, -0.2) is 41.1 Å². The lowest BCUT2D eigenvalue weighted by molar-refractivity contribution is -0.137. The van der Waals surface area contributed by atoms with Gasteiger partial charge in [-0.3, -0.25) is 4.90 Å². The minimum Gasteiger partial charge on any atom is -0.346 e. The van der Waals surface area contributed by atoms with E-state index in [4.69, 9.17) is 12.2 Å². The standard InChI is InChI=1S/C23H22F3N3S/c24-23(25,26)19-8-4-9-20(15-19)27-22(30)29-13-11-28(12-14-29)16-18-7-3-6-17-5-1-2-10-21(17)18/h1-10,15H,11-14,16H2,(H,27,30). The summed E-state index contributed by atoms with van der Waals surface area (Å²) in [6.07, 6.45) is -4.37. The second kappa shape index (κ2) is 8.62. The molecule has 156 valence electrons. The molecule has 30 heavy (non-hydrogen) atoms. The fourth-order valence-electron chi connectivity index (χ4n) is 3.76. The second-order valence-electron chi connectivity index (χ2n) is 7.41. The lowest BCUT2D eigenvalue weighted by Gasteiger charge is -2.36. The molecule has 0 radical (unpaired) electrons. The molecule has 1 saturated heterocycles. The quantitative estimate of drug-likeness (QED) is 0.564. The zero-order chi connectivity index (χ0) is 21.1. The molecule has 3 aromatic carbocycles. The summed E-state index contributed by atoms with van der Waals surface area (Å²) in [4.78, 5) is 4.39. The van der Waals surface area contributed by atoms with Gasteiger partial charge in [0, 0.05) is 38.4 Å². The molecule has 0 aromatic heterocycles. The number of alkyl halides is 3. The van der Waals surface area contributed by atoms with E-state index in [0.29, 0.717) is 10.8 Å². The van der Waals surface area contributed by atoms with Crippen LogP contribution in [0.2, 0.25) is 0 Å². The normalized spacial score (nSPS) is 15.4. The van der Waals surface area contributed by atoms with Crippen LogP contribution in [0.25, 0.3) is 10.8 Å². The van der Waals surface area contributed by atoms with E-state index >= 15 is 0 Å². The highest BCUT2D eigenvalue weighted by Gasteiger charge is 2.30. The van der Waals surface area contributed by atoms with Crippen molar-refractivity contribution in [3.8, 4) is 0 Å². The van der Waals surface area contributed by atoms with Crippen molar-refractivity contribution >= 4 is 33.8 Å². The fraction of sp³-hybridized carbons (Fsp3) is 0.261. The number of rotatable bonds is 3. The van der Waals surface area contributed by atoms with E-state index in [1.807, 2.05) is 11.0 Å². The van der Waals surface area contributed by atoms with E-state index in [-0.39, 0.29) is 0 Å². The van der Waals surface area contributed by atoms with Gasteiger partial charge in [-0.15, -0.1) is 0 Å². The summed E-state index contributed by atoms with van der Waals surface area (Å²) < 4.78 is 38.7. The minimum atomic E-state index is -4.37. The number of nitrogens with zero attached hydrogens (tertiary/aromatic N) is 2. The van der Waals surface area contributed by atoms with Crippen molar-refractivity contribution in [1.29, 1.82) is 0 Å². The van der Waals surface area contributed by atoms with Crippen molar-refractivity contribution in [2.45, 2.75) is 12.7 Å². The molecule has 1 fully saturated rings. The van der Waals surface area contributed by atoms with Crippen molar-refractivity contribution in [3.05, 3.63) is 77.9 Å². The third kappa shape index (κ3) is 4.74. The van der Waals surface area contributed by atoms with E-state index in [2.05, 4.69) is 46.6 Å². The van der Waals surface area contributed by atoms with Gasteiger partial charge in [0.25, 0.3) is 0 Å². The average Bonchev–Trinajstić information content (AvgIpc) is 2.74. The molecule has 0 bridgehead atoms. The topological polar surface area (TPSA) is 18.5 Å². The molecule has 4 rings (SSSR count). The summed E-state index contributed by atoms with van der Waals surface area (Å²) in [7, 11) is 0. The summed E-state index contributed by atoms with van der Waals surface area (Å²) in [6.45, 7) is 4.01. The predicted octanol–water partition coefficient (Wildman–Crippen LogP) is 5.37. The lowest BCUT2D eigenvalue weighted by atomic mass is 10.0. The minimum absolute atomic E-state index is 0.355. The van der Waals surface area contributed by atoms with Crippen LogP contribution in [0.3, 0.4) is 0 Å². The van der Waals surface area contributed by atoms with E-state index in [0.717, 1.165) is 44.9 Å². The van der Waals surface area contributed by atoms with Gasteiger partial charge < -0.3 is 10.2 Å². The fourth-order valence-corrected chi connectivity index (χ4v) is 4.06. The molecule has 1 aliphatic rings. The highest BCUT2D eigenvalue weighted by atomic mass is 32.1. The summed E-state index contributed by atoms with van der Waals surface area (Å²) in [5, 5.41) is 5.91. The highest BCUT2D eigenvalue weighted by molar-refractivity contribution is 7.80. The van der Waals surface area contributed by atoms with Crippen molar-refractivity contribution in [2.24, 2.45) is 0 Å². The Morgan fingerprint density at radius 3 is 2.37 bits per heavy atom. The number of benzene rings is 3. The Hall–Kier alpha value is -2.64. The van der Waals surface area contributed by atoms with Crippen molar-refractivity contribution in [2.75, 3.05) is 31.5 Å². The summed E-state index contributed by atoms with van der Waals surface area (Å²) in [5.41, 5.74) is 0.967. The van der Waals surface area contributed by atoms with Crippen LogP contribution in [0.15, 0.2) is 66.7 Å². The zero-order valence-electron chi connectivity index (χ0n) is 16.3. The van der Waals surface area contributed by atoms with Crippen LogP contribution in [0.5, 0.6) is 0 Å². The van der Waals surface area contributed by atoms with Gasteiger partial charge in [0.15, 0.2) is 5.11 Å². The number of fused-ring (bicyclic) bond motifs is 1. The number of hydrogen-bond donors (Lipinski definition) is 1. The number of piperazine rings is 1. The number of thiocarbonyl (C=S) groups is 1. The Labute approximate surface area is 179 Å². The first kappa shape index (κ1) is 20.6. The molecule has 7 heteroatoms. The molecule has 0 aliphatic carbocycles. The highest BCUT2D eigenvalue weighted by Crippen LogP contribution is 2.30. The Morgan fingerprint density at radius 2 is 1.60 bits per heavy atom. The SMILES string of the molecule is FC(F)(F)c1cccc(NC(=S)N2CCN(Cc3cccc4ccccc34)CC2)c1. The smallest absolute Gasteiger partial charge is 0.346 e. The van der Waals surface area contributed by atoms with Crippen LogP contribution in [0.1, 0.15) is 11.1 Å².